The molecule has 6 nitrogen and oxygen atoms in total. The molecule has 28 heavy (non-hydrogen) atoms. The summed E-state index contributed by atoms with van der Waals surface area (Å²) >= 11 is 8.00. The molecule has 144 valence electrons. The van der Waals surface area contributed by atoms with Crippen LogP contribution in [0.4, 0.5) is 5.88 Å². The lowest BCUT2D eigenvalue weighted by atomic mass is 10.0. The maximum atomic E-state index is 9.45. The highest BCUT2D eigenvalue weighted by Crippen LogP contribution is 2.31. The summed E-state index contributed by atoms with van der Waals surface area (Å²) in [6.07, 6.45) is 0. The Labute approximate surface area is 172 Å². The van der Waals surface area contributed by atoms with Gasteiger partial charge in [-0.15, -0.1) is 11.3 Å². The topological polar surface area (TPSA) is 74.3 Å². The molecule has 1 saturated heterocycles. The van der Waals surface area contributed by atoms with Gasteiger partial charge < -0.3 is 14.5 Å². The third kappa shape index (κ3) is 4.05. The van der Waals surface area contributed by atoms with Crippen molar-refractivity contribution in [1.82, 2.24) is 9.88 Å². The summed E-state index contributed by atoms with van der Waals surface area (Å²) in [4.78, 5) is 7.54. The van der Waals surface area contributed by atoms with Crippen molar-refractivity contribution in [2.24, 2.45) is 0 Å². The second-order valence-electron chi connectivity index (χ2n) is 6.35. The van der Waals surface area contributed by atoms with Gasteiger partial charge in [0.15, 0.2) is 0 Å². The molecule has 0 radical (unpaired) electrons. The number of ether oxygens (including phenoxy) is 1. The Bertz CT molecular complexity index is 961. The lowest BCUT2D eigenvalue weighted by Crippen LogP contribution is -2.41. The first-order valence-corrected chi connectivity index (χ1v) is 10.3. The average Bonchev–Trinajstić information content (AvgIpc) is 3.40. The lowest BCUT2D eigenvalue weighted by molar-refractivity contribution is 0.0186. The Kier molecular flexibility index (Phi) is 5.93. The van der Waals surface area contributed by atoms with Crippen molar-refractivity contribution >= 4 is 28.8 Å². The molecule has 3 aromatic rings. The normalized spacial score (nSPS) is 15.9. The molecule has 1 unspecified atom stereocenters. The standard InChI is InChI=1S/C20H19ClN4O2S/c21-15-5-2-1-4-14(15)17(25-7-9-26-10-8-25)13-23-19-16(12-22)24-20(27-19)18-6-3-11-28-18/h1-6,11,17,23H,7-10,13H2. The number of halogens is 1. The monoisotopic (exact) mass is 414 g/mol. The molecular formula is C20H19ClN4O2S. The summed E-state index contributed by atoms with van der Waals surface area (Å²) in [7, 11) is 0. The molecule has 1 aromatic carbocycles. The minimum Gasteiger partial charge on any atom is -0.418 e. The largest absolute Gasteiger partial charge is 0.418 e. The molecule has 4 rings (SSSR count). The zero-order chi connectivity index (χ0) is 19.3. The Morgan fingerprint density at radius 2 is 2.07 bits per heavy atom. The molecule has 1 fully saturated rings. The summed E-state index contributed by atoms with van der Waals surface area (Å²) in [5.41, 5.74) is 1.29. The van der Waals surface area contributed by atoms with Gasteiger partial charge in [-0.1, -0.05) is 35.9 Å². The molecule has 8 heteroatoms. The van der Waals surface area contributed by atoms with Gasteiger partial charge in [0.05, 0.1) is 24.1 Å². The molecule has 2 aromatic heterocycles. The van der Waals surface area contributed by atoms with E-state index < -0.39 is 0 Å². The fraction of sp³-hybridized carbons (Fsp3) is 0.300. The molecular weight excluding hydrogens is 396 g/mol. The van der Waals surface area contributed by atoms with Crippen LogP contribution in [0, 0.1) is 11.3 Å². The van der Waals surface area contributed by atoms with Gasteiger partial charge in [0.1, 0.15) is 6.07 Å². The second-order valence-corrected chi connectivity index (χ2v) is 7.71. The van der Waals surface area contributed by atoms with E-state index in [0.29, 0.717) is 31.5 Å². The molecule has 3 heterocycles. The number of aromatic nitrogens is 1. The van der Waals surface area contributed by atoms with Crippen LogP contribution >= 0.6 is 22.9 Å². The first-order valence-electron chi connectivity index (χ1n) is 9.01. The van der Waals surface area contributed by atoms with Crippen molar-refractivity contribution in [2.75, 3.05) is 38.2 Å². The van der Waals surface area contributed by atoms with Crippen LogP contribution in [0.3, 0.4) is 0 Å². The maximum Gasteiger partial charge on any atom is 0.240 e. The van der Waals surface area contributed by atoms with Crippen LogP contribution in [-0.4, -0.2) is 42.7 Å². The van der Waals surface area contributed by atoms with E-state index in [-0.39, 0.29) is 11.7 Å². The van der Waals surface area contributed by atoms with E-state index in [2.05, 4.69) is 21.3 Å². The van der Waals surface area contributed by atoms with Crippen LogP contribution in [0.15, 0.2) is 46.2 Å². The Balaban J connectivity index is 1.58. The predicted octanol–water partition coefficient (Wildman–Crippen LogP) is 4.41. The Morgan fingerprint density at radius 1 is 1.25 bits per heavy atom. The van der Waals surface area contributed by atoms with Gasteiger partial charge in [-0.2, -0.15) is 10.2 Å². The Hall–Kier alpha value is -2.37. The number of anilines is 1. The molecule has 0 spiro atoms. The van der Waals surface area contributed by atoms with Crippen LogP contribution in [0.5, 0.6) is 0 Å². The van der Waals surface area contributed by atoms with Gasteiger partial charge in [-0.05, 0) is 23.1 Å². The first-order chi connectivity index (χ1) is 13.8. The SMILES string of the molecule is N#Cc1nc(-c2cccs2)oc1NCC(c1ccccc1Cl)N1CCOCC1. The Morgan fingerprint density at radius 3 is 2.79 bits per heavy atom. The highest BCUT2D eigenvalue weighted by molar-refractivity contribution is 7.13. The number of nitrogens with one attached hydrogen (secondary N) is 1. The third-order valence-corrected chi connectivity index (χ3v) is 5.87. The molecule has 1 atom stereocenters. The van der Waals surface area contributed by atoms with E-state index in [4.69, 9.17) is 20.8 Å². The van der Waals surface area contributed by atoms with E-state index in [1.165, 1.54) is 11.3 Å². The minimum absolute atomic E-state index is 0.0273. The van der Waals surface area contributed by atoms with E-state index in [9.17, 15) is 5.26 Å². The quantitative estimate of drug-likeness (QED) is 0.643. The molecule has 1 N–H and O–H groups in total. The number of morpholine rings is 1. The third-order valence-electron chi connectivity index (χ3n) is 4.67. The van der Waals surface area contributed by atoms with E-state index >= 15 is 0 Å². The highest BCUT2D eigenvalue weighted by atomic mass is 35.5. The summed E-state index contributed by atoms with van der Waals surface area (Å²) in [5, 5.41) is 15.4. The summed E-state index contributed by atoms with van der Waals surface area (Å²) in [6.45, 7) is 3.56. The van der Waals surface area contributed by atoms with Crippen molar-refractivity contribution < 1.29 is 9.15 Å². The van der Waals surface area contributed by atoms with E-state index in [1.807, 2.05) is 41.8 Å². The van der Waals surface area contributed by atoms with E-state index in [0.717, 1.165) is 28.6 Å². The predicted molar refractivity (Wildman–Crippen MR) is 110 cm³/mol. The van der Waals surface area contributed by atoms with Gasteiger partial charge in [0.25, 0.3) is 0 Å². The number of oxazole rings is 1. The molecule has 0 saturated carbocycles. The van der Waals surface area contributed by atoms with Crippen molar-refractivity contribution in [3.8, 4) is 16.8 Å². The summed E-state index contributed by atoms with van der Waals surface area (Å²) < 4.78 is 11.3. The fourth-order valence-electron chi connectivity index (χ4n) is 3.28. The van der Waals surface area contributed by atoms with Gasteiger partial charge in [-0.25, -0.2) is 0 Å². The van der Waals surface area contributed by atoms with Gasteiger partial charge in [0.2, 0.25) is 17.5 Å². The fourth-order valence-corrected chi connectivity index (χ4v) is 4.19. The van der Waals surface area contributed by atoms with Gasteiger partial charge in [0, 0.05) is 24.7 Å². The maximum absolute atomic E-state index is 9.45. The molecule has 1 aliphatic heterocycles. The molecule has 1 aliphatic rings. The molecule has 0 bridgehead atoms. The number of hydrogen-bond donors (Lipinski definition) is 1. The van der Waals surface area contributed by atoms with E-state index in [1.54, 1.807) is 0 Å². The minimum atomic E-state index is 0.0273. The van der Waals surface area contributed by atoms with Crippen LogP contribution in [0.2, 0.25) is 5.02 Å². The molecule has 0 amide bonds. The molecule has 0 aliphatic carbocycles. The van der Waals surface area contributed by atoms with Crippen LogP contribution in [0.1, 0.15) is 17.3 Å². The van der Waals surface area contributed by atoms with Crippen molar-refractivity contribution in [3.05, 3.63) is 58.1 Å². The van der Waals surface area contributed by atoms with Gasteiger partial charge >= 0.3 is 0 Å². The lowest BCUT2D eigenvalue weighted by Gasteiger charge is -2.35. The first kappa shape index (κ1) is 19.0. The van der Waals surface area contributed by atoms with Crippen LogP contribution < -0.4 is 5.32 Å². The van der Waals surface area contributed by atoms with Crippen molar-refractivity contribution in [1.29, 1.82) is 5.26 Å². The summed E-state index contributed by atoms with van der Waals surface area (Å²) in [5.74, 6) is 0.839. The number of nitrogens with zero attached hydrogens (tertiary/aromatic N) is 3. The summed E-state index contributed by atoms with van der Waals surface area (Å²) in [6, 6.07) is 13.8. The number of thiophene rings is 1. The average molecular weight is 415 g/mol. The number of hydrogen-bond acceptors (Lipinski definition) is 7. The zero-order valence-electron chi connectivity index (χ0n) is 15.1. The second kappa shape index (κ2) is 8.76. The van der Waals surface area contributed by atoms with Crippen molar-refractivity contribution in [3.63, 3.8) is 0 Å². The number of benzene rings is 1. The zero-order valence-corrected chi connectivity index (χ0v) is 16.7. The van der Waals surface area contributed by atoms with Crippen LogP contribution in [0.25, 0.3) is 10.8 Å². The number of nitriles is 1. The smallest absolute Gasteiger partial charge is 0.240 e. The van der Waals surface area contributed by atoms with Crippen molar-refractivity contribution in [2.45, 2.75) is 6.04 Å². The number of rotatable bonds is 6. The van der Waals surface area contributed by atoms with Gasteiger partial charge in [-0.3, -0.25) is 4.90 Å². The highest BCUT2D eigenvalue weighted by Gasteiger charge is 2.25. The van der Waals surface area contributed by atoms with Crippen LogP contribution in [-0.2, 0) is 4.74 Å².